The molecular weight excluding hydrogens is 246 g/mol. The first-order valence-corrected chi connectivity index (χ1v) is 6.18. The standard InChI is InChI=1S/C14H21NO4/c1-5-11(14(16)19-4)15-9-10-6-7-12(17-2)13(8-10)18-3/h6-8,11,15H,5,9H2,1-4H3. The number of rotatable bonds is 7. The zero-order valence-electron chi connectivity index (χ0n) is 11.9. The van der Waals surface area contributed by atoms with Gasteiger partial charge in [0, 0.05) is 6.54 Å². The summed E-state index contributed by atoms with van der Waals surface area (Å²) in [5, 5.41) is 3.15. The van der Waals surface area contributed by atoms with Crippen LogP contribution in [-0.2, 0) is 16.1 Å². The minimum atomic E-state index is -0.293. The van der Waals surface area contributed by atoms with E-state index in [-0.39, 0.29) is 12.0 Å². The molecule has 1 aromatic rings. The lowest BCUT2D eigenvalue weighted by molar-refractivity contribution is -0.143. The summed E-state index contributed by atoms with van der Waals surface area (Å²) in [6, 6.07) is 5.36. The van der Waals surface area contributed by atoms with Gasteiger partial charge < -0.3 is 19.5 Å². The Bertz CT molecular complexity index is 420. The van der Waals surface area contributed by atoms with Gasteiger partial charge >= 0.3 is 5.97 Å². The predicted octanol–water partition coefficient (Wildman–Crippen LogP) is 1.74. The molecule has 1 aromatic carbocycles. The number of methoxy groups -OCH3 is 3. The van der Waals surface area contributed by atoms with Crippen LogP contribution < -0.4 is 14.8 Å². The molecule has 0 saturated heterocycles. The Morgan fingerprint density at radius 1 is 1.21 bits per heavy atom. The van der Waals surface area contributed by atoms with Gasteiger partial charge in [-0.15, -0.1) is 0 Å². The van der Waals surface area contributed by atoms with E-state index in [9.17, 15) is 4.79 Å². The number of ether oxygens (including phenoxy) is 3. The van der Waals surface area contributed by atoms with Crippen molar-refractivity contribution in [3.05, 3.63) is 23.8 Å². The zero-order chi connectivity index (χ0) is 14.3. The van der Waals surface area contributed by atoms with Crippen LogP contribution in [0.3, 0.4) is 0 Å². The lowest BCUT2D eigenvalue weighted by atomic mass is 10.1. The Labute approximate surface area is 113 Å². The van der Waals surface area contributed by atoms with Crippen molar-refractivity contribution in [3.63, 3.8) is 0 Å². The molecular formula is C14H21NO4. The summed E-state index contributed by atoms with van der Waals surface area (Å²) in [7, 11) is 4.58. The highest BCUT2D eigenvalue weighted by atomic mass is 16.5. The largest absolute Gasteiger partial charge is 0.493 e. The number of nitrogens with one attached hydrogen (secondary N) is 1. The summed E-state index contributed by atoms with van der Waals surface area (Å²) < 4.78 is 15.1. The first-order valence-electron chi connectivity index (χ1n) is 6.18. The highest BCUT2D eigenvalue weighted by Crippen LogP contribution is 2.27. The van der Waals surface area contributed by atoms with Gasteiger partial charge in [-0.05, 0) is 24.1 Å². The average molecular weight is 267 g/mol. The first kappa shape index (κ1) is 15.3. The summed E-state index contributed by atoms with van der Waals surface area (Å²) in [5.41, 5.74) is 1.01. The Kier molecular flexibility index (Phi) is 6.15. The van der Waals surface area contributed by atoms with Gasteiger partial charge in [-0.1, -0.05) is 13.0 Å². The molecule has 1 unspecified atom stereocenters. The third kappa shape index (κ3) is 4.13. The average Bonchev–Trinajstić information content (AvgIpc) is 2.47. The normalized spacial score (nSPS) is 11.8. The summed E-state index contributed by atoms with van der Waals surface area (Å²) in [6.45, 7) is 2.50. The third-order valence-corrected chi connectivity index (χ3v) is 2.89. The molecule has 19 heavy (non-hydrogen) atoms. The van der Waals surface area contributed by atoms with Gasteiger partial charge in [-0.2, -0.15) is 0 Å². The second kappa shape index (κ2) is 7.63. The molecule has 106 valence electrons. The number of hydrogen-bond donors (Lipinski definition) is 1. The van der Waals surface area contributed by atoms with Crippen LogP contribution in [-0.4, -0.2) is 33.3 Å². The monoisotopic (exact) mass is 267 g/mol. The molecule has 0 fully saturated rings. The zero-order valence-corrected chi connectivity index (χ0v) is 11.9. The van der Waals surface area contributed by atoms with Crippen molar-refractivity contribution in [1.29, 1.82) is 0 Å². The summed E-state index contributed by atoms with van der Waals surface area (Å²) in [4.78, 5) is 11.5. The Morgan fingerprint density at radius 3 is 2.42 bits per heavy atom. The maximum Gasteiger partial charge on any atom is 0.322 e. The van der Waals surface area contributed by atoms with Crippen LogP contribution >= 0.6 is 0 Å². The number of hydrogen-bond acceptors (Lipinski definition) is 5. The van der Waals surface area contributed by atoms with Gasteiger partial charge in [0.1, 0.15) is 6.04 Å². The highest BCUT2D eigenvalue weighted by Gasteiger charge is 2.16. The van der Waals surface area contributed by atoms with Gasteiger partial charge in [0.2, 0.25) is 0 Å². The second-order valence-corrected chi connectivity index (χ2v) is 4.05. The van der Waals surface area contributed by atoms with Gasteiger partial charge in [0.25, 0.3) is 0 Å². The van der Waals surface area contributed by atoms with E-state index in [0.29, 0.717) is 24.5 Å². The Balaban J connectivity index is 2.69. The van der Waals surface area contributed by atoms with E-state index in [1.807, 2.05) is 25.1 Å². The van der Waals surface area contributed by atoms with E-state index < -0.39 is 0 Å². The van der Waals surface area contributed by atoms with Crippen molar-refractivity contribution < 1.29 is 19.0 Å². The van der Waals surface area contributed by atoms with E-state index >= 15 is 0 Å². The molecule has 0 amide bonds. The minimum absolute atomic E-state index is 0.247. The van der Waals surface area contributed by atoms with Crippen molar-refractivity contribution in [2.75, 3.05) is 21.3 Å². The van der Waals surface area contributed by atoms with Crippen LogP contribution in [0.15, 0.2) is 18.2 Å². The predicted molar refractivity (Wildman–Crippen MR) is 72.5 cm³/mol. The van der Waals surface area contributed by atoms with Crippen LogP contribution in [0.4, 0.5) is 0 Å². The lowest BCUT2D eigenvalue weighted by Gasteiger charge is -2.15. The SMILES string of the molecule is CCC(NCc1ccc(OC)c(OC)c1)C(=O)OC. The first-order chi connectivity index (χ1) is 9.15. The summed E-state index contributed by atoms with van der Waals surface area (Å²) in [6.07, 6.45) is 0.681. The maximum absolute atomic E-state index is 11.5. The molecule has 0 bridgehead atoms. The fourth-order valence-electron chi connectivity index (χ4n) is 1.77. The molecule has 5 nitrogen and oxygen atoms in total. The number of benzene rings is 1. The molecule has 0 radical (unpaired) electrons. The van der Waals surface area contributed by atoms with Gasteiger partial charge in [-0.3, -0.25) is 4.79 Å². The van der Waals surface area contributed by atoms with Gasteiger partial charge in [0.15, 0.2) is 11.5 Å². The van der Waals surface area contributed by atoms with Crippen LogP contribution in [0.5, 0.6) is 11.5 Å². The number of esters is 1. The van der Waals surface area contributed by atoms with Crippen LogP contribution in [0.25, 0.3) is 0 Å². The van der Waals surface area contributed by atoms with Crippen LogP contribution in [0.1, 0.15) is 18.9 Å². The van der Waals surface area contributed by atoms with Crippen molar-refractivity contribution in [2.24, 2.45) is 0 Å². The topological polar surface area (TPSA) is 56.8 Å². The molecule has 0 saturated carbocycles. The van der Waals surface area contributed by atoms with Crippen molar-refractivity contribution in [3.8, 4) is 11.5 Å². The smallest absolute Gasteiger partial charge is 0.322 e. The molecule has 0 aliphatic heterocycles. The van der Waals surface area contributed by atoms with Crippen LogP contribution in [0.2, 0.25) is 0 Å². The van der Waals surface area contributed by atoms with E-state index in [0.717, 1.165) is 5.56 Å². The molecule has 0 aromatic heterocycles. The molecule has 0 heterocycles. The molecule has 0 aliphatic carbocycles. The fraction of sp³-hybridized carbons (Fsp3) is 0.500. The van der Waals surface area contributed by atoms with Crippen molar-refractivity contribution in [1.82, 2.24) is 5.32 Å². The fourth-order valence-corrected chi connectivity index (χ4v) is 1.77. The Morgan fingerprint density at radius 2 is 1.89 bits per heavy atom. The third-order valence-electron chi connectivity index (χ3n) is 2.89. The molecule has 1 N–H and O–H groups in total. The molecule has 5 heteroatoms. The van der Waals surface area contributed by atoms with E-state index in [1.54, 1.807) is 14.2 Å². The summed E-state index contributed by atoms with van der Waals surface area (Å²) in [5.74, 6) is 1.11. The van der Waals surface area contributed by atoms with Crippen molar-refractivity contribution in [2.45, 2.75) is 25.9 Å². The van der Waals surface area contributed by atoms with E-state index in [1.165, 1.54) is 7.11 Å². The van der Waals surface area contributed by atoms with E-state index in [4.69, 9.17) is 14.2 Å². The quantitative estimate of drug-likeness (QED) is 0.763. The molecule has 1 atom stereocenters. The molecule has 1 rings (SSSR count). The lowest BCUT2D eigenvalue weighted by Crippen LogP contribution is -2.36. The van der Waals surface area contributed by atoms with Gasteiger partial charge in [-0.25, -0.2) is 0 Å². The molecule has 0 spiro atoms. The Hall–Kier alpha value is -1.75. The molecule has 0 aliphatic rings. The van der Waals surface area contributed by atoms with E-state index in [2.05, 4.69) is 5.32 Å². The highest BCUT2D eigenvalue weighted by molar-refractivity contribution is 5.75. The summed E-state index contributed by atoms with van der Waals surface area (Å²) >= 11 is 0. The minimum Gasteiger partial charge on any atom is -0.493 e. The number of carbonyl (C=O) groups excluding carboxylic acids is 1. The van der Waals surface area contributed by atoms with Crippen LogP contribution in [0, 0.1) is 0 Å². The maximum atomic E-state index is 11.5. The van der Waals surface area contributed by atoms with Gasteiger partial charge in [0.05, 0.1) is 21.3 Å². The second-order valence-electron chi connectivity index (χ2n) is 4.05. The number of carbonyl (C=O) groups is 1. The van der Waals surface area contributed by atoms with Crippen molar-refractivity contribution >= 4 is 5.97 Å².